The van der Waals surface area contributed by atoms with Gasteiger partial charge in [0.1, 0.15) is 0 Å². The molecule has 0 radical (unpaired) electrons. The molecule has 0 aromatic heterocycles. The summed E-state index contributed by atoms with van der Waals surface area (Å²) in [5.74, 6) is 0.0894. The van der Waals surface area contributed by atoms with E-state index >= 15 is 0 Å². The lowest BCUT2D eigenvalue weighted by molar-refractivity contribution is -0.121. The molecule has 2 saturated carbocycles. The van der Waals surface area contributed by atoms with Crippen LogP contribution in [0.1, 0.15) is 63.4 Å². The molecule has 2 aliphatic rings. The van der Waals surface area contributed by atoms with E-state index in [4.69, 9.17) is 0 Å². The van der Waals surface area contributed by atoms with Crippen LogP contribution in [-0.2, 0) is 21.2 Å². The molecule has 0 heterocycles. The number of nitrogens with one attached hydrogen (secondary N) is 2. The number of hydrogen-bond donors (Lipinski definition) is 2. The van der Waals surface area contributed by atoms with Gasteiger partial charge >= 0.3 is 0 Å². The fraction of sp³-hybridized carbons (Fsp3) is 0.632. The quantitative estimate of drug-likeness (QED) is 0.781. The number of benzene rings is 1. The first-order chi connectivity index (χ1) is 12.0. The van der Waals surface area contributed by atoms with Crippen LogP contribution < -0.4 is 10.0 Å². The Hall–Kier alpha value is -1.40. The third-order valence-corrected chi connectivity index (χ3v) is 6.81. The van der Waals surface area contributed by atoms with Crippen molar-refractivity contribution in [3.8, 4) is 0 Å². The van der Waals surface area contributed by atoms with Crippen LogP contribution >= 0.6 is 0 Å². The van der Waals surface area contributed by atoms with E-state index in [1.54, 1.807) is 12.1 Å². The lowest BCUT2D eigenvalue weighted by Gasteiger charge is -2.13. The zero-order valence-electron chi connectivity index (χ0n) is 14.7. The second-order valence-electron chi connectivity index (χ2n) is 7.30. The highest BCUT2D eigenvalue weighted by molar-refractivity contribution is 7.89. The molecule has 1 amide bonds. The molecule has 3 rings (SSSR count). The summed E-state index contributed by atoms with van der Waals surface area (Å²) >= 11 is 0. The zero-order chi connectivity index (χ0) is 17.7. The molecule has 138 valence electrons. The fourth-order valence-electron chi connectivity index (χ4n) is 3.79. The van der Waals surface area contributed by atoms with Gasteiger partial charge < -0.3 is 5.32 Å². The standard InChI is InChI=1S/C19H28N2O3S/c22-19(20-16-5-1-2-6-16)14-11-15-9-12-18(13-10-15)25(23,24)21-17-7-3-4-8-17/h9-10,12-13,16-17,21H,1-8,11,14H2,(H,20,22). The summed E-state index contributed by atoms with van der Waals surface area (Å²) in [5.41, 5.74) is 0.987. The van der Waals surface area contributed by atoms with Gasteiger partial charge in [0, 0.05) is 18.5 Å². The fourth-order valence-corrected chi connectivity index (χ4v) is 5.10. The molecule has 25 heavy (non-hydrogen) atoms. The SMILES string of the molecule is O=C(CCc1ccc(S(=O)(=O)NC2CCCC2)cc1)NC1CCCC1. The predicted octanol–water partition coefficient (Wildman–Crippen LogP) is 2.90. The number of amides is 1. The van der Waals surface area contributed by atoms with Crippen LogP contribution in [0.15, 0.2) is 29.2 Å². The van der Waals surface area contributed by atoms with Crippen molar-refractivity contribution < 1.29 is 13.2 Å². The average molecular weight is 365 g/mol. The molecule has 2 aliphatic carbocycles. The van der Waals surface area contributed by atoms with Gasteiger partial charge in [0.2, 0.25) is 15.9 Å². The minimum Gasteiger partial charge on any atom is -0.353 e. The van der Waals surface area contributed by atoms with E-state index in [2.05, 4.69) is 10.0 Å². The number of rotatable bonds is 7. The molecule has 2 N–H and O–H groups in total. The monoisotopic (exact) mass is 364 g/mol. The van der Waals surface area contributed by atoms with Crippen LogP contribution in [0.2, 0.25) is 0 Å². The van der Waals surface area contributed by atoms with Crippen LogP contribution in [0.25, 0.3) is 0 Å². The van der Waals surface area contributed by atoms with Crippen molar-refractivity contribution in [2.24, 2.45) is 0 Å². The Bertz CT molecular complexity index is 673. The molecule has 1 aromatic carbocycles. The number of carbonyl (C=O) groups excluding carboxylic acids is 1. The average Bonchev–Trinajstić information content (AvgIpc) is 3.27. The molecule has 0 aliphatic heterocycles. The van der Waals surface area contributed by atoms with Crippen molar-refractivity contribution in [1.29, 1.82) is 0 Å². The number of hydrogen-bond acceptors (Lipinski definition) is 3. The molecule has 6 heteroatoms. The summed E-state index contributed by atoms with van der Waals surface area (Å²) in [4.78, 5) is 12.3. The largest absolute Gasteiger partial charge is 0.353 e. The predicted molar refractivity (Wildman–Crippen MR) is 97.7 cm³/mol. The number of aryl methyl sites for hydroxylation is 1. The second-order valence-corrected chi connectivity index (χ2v) is 9.01. The van der Waals surface area contributed by atoms with Gasteiger partial charge in [0.05, 0.1) is 4.90 Å². The second kappa shape index (κ2) is 8.32. The molecule has 0 unspecified atom stereocenters. The van der Waals surface area contributed by atoms with Crippen molar-refractivity contribution in [2.75, 3.05) is 0 Å². The third kappa shape index (κ3) is 5.28. The summed E-state index contributed by atoms with van der Waals surface area (Å²) in [7, 11) is -3.44. The molecule has 5 nitrogen and oxygen atoms in total. The van der Waals surface area contributed by atoms with Crippen molar-refractivity contribution in [3.05, 3.63) is 29.8 Å². The molecule has 0 spiro atoms. The Morgan fingerprint density at radius 2 is 1.48 bits per heavy atom. The smallest absolute Gasteiger partial charge is 0.240 e. The lowest BCUT2D eigenvalue weighted by Crippen LogP contribution is -2.32. The Balaban J connectivity index is 1.50. The van der Waals surface area contributed by atoms with E-state index < -0.39 is 10.0 Å². The van der Waals surface area contributed by atoms with Gasteiger partial charge in [0.15, 0.2) is 0 Å². The van der Waals surface area contributed by atoms with Gasteiger partial charge in [0.25, 0.3) is 0 Å². The highest BCUT2D eigenvalue weighted by Crippen LogP contribution is 2.21. The Morgan fingerprint density at radius 3 is 2.08 bits per heavy atom. The minimum atomic E-state index is -3.44. The van der Waals surface area contributed by atoms with Crippen LogP contribution in [-0.4, -0.2) is 26.4 Å². The maximum absolute atomic E-state index is 12.4. The van der Waals surface area contributed by atoms with Gasteiger partial charge in [-0.15, -0.1) is 0 Å². The Kier molecular flexibility index (Phi) is 6.12. The van der Waals surface area contributed by atoms with E-state index in [0.717, 1.165) is 44.1 Å². The summed E-state index contributed by atoms with van der Waals surface area (Å²) in [6.07, 6.45) is 9.70. The first-order valence-electron chi connectivity index (χ1n) is 9.43. The molecule has 2 fully saturated rings. The van der Waals surface area contributed by atoms with E-state index in [1.807, 2.05) is 12.1 Å². The van der Waals surface area contributed by atoms with Crippen molar-refractivity contribution >= 4 is 15.9 Å². The van der Waals surface area contributed by atoms with Crippen LogP contribution in [0.5, 0.6) is 0 Å². The van der Waals surface area contributed by atoms with Crippen molar-refractivity contribution in [1.82, 2.24) is 10.0 Å². The van der Waals surface area contributed by atoms with Gasteiger partial charge in [-0.25, -0.2) is 13.1 Å². The van der Waals surface area contributed by atoms with Crippen LogP contribution in [0.4, 0.5) is 0 Å². The van der Waals surface area contributed by atoms with E-state index in [9.17, 15) is 13.2 Å². The van der Waals surface area contributed by atoms with Gasteiger partial charge in [-0.1, -0.05) is 37.8 Å². The van der Waals surface area contributed by atoms with Gasteiger partial charge in [-0.2, -0.15) is 0 Å². The molecule has 0 bridgehead atoms. The highest BCUT2D eigenvalue weighted by atomic mass is 32.2. The van der Waals surface area contributed by atoms with Gasteiger partial charge in [-0.3, -0.25) is 4.79 Å². The third-order valence-electron chi connectivity index (χ3n) is 5.27. The molecule has 0 atom stereocenters. The van der Waals surface area contributed by atoms with Crippen molar-refractivity contribution in [3.63, 3.8) is 0 Å². The van der Waals surface area contributed by atoms with Crippen LogP contribution in [0, 0.1) is 0 Å². The topological polar surface area (TPSA) is 75.3 Å². The summed E-state index contributed by atoms with van der Waals surface area (Å²) in [6.45, 7) is 0. The lowest BCUT2D eigenvalue weighted by atomic mass is 10.1. The first-order valence-corrected chi connectivity index (χ1v) is 10.9. The minimum absolute atomic E-state index is 0.0731. The molecular formula is C19H28N2O3S. The van der Waals surface area contributed by atoms with Gasteiger partial charge in [-0.05, 0) is 49.8 Å². The first kappa shape index (κ1) is 18.4. The van der Waals surface area contributed by atoms with Crippen LogP contribution in [0.3, 0.4) is 0 Å². The summed E-state index contributed by atoms with van der Waals surface area (Å²) in [5, 5.41) is 3.08. The maximum atomic E-state index is 12.4. The van der Waals surface area contributed by atoms with Crippen molar-refractivity contribution in [2.45, 2.75) is 81.2 Å². The summed E-state index contributed by atoms with van der Waals surface area (Å²) in [6, 6.07) is 7.33. The Morgan fingerprint density at radius 1 is 0.920 bits per heavy atom. The van der Waals surface area contributed by atoms with E-state index in [-0.39, 0.29) is 11.9 Å². The molecule has 0 saturated heterocycles. The number of carbonyl (C=O) groups is 1. The zero-order valence-corrected chi connectivity index (χ0v) is 15.5. The Labute approximate surface area is 150 Å². The molecular weight excluding hydrogens is 336 g/mol. The van der Waals surface area contributed by atoms with E-state index in [0.29, 0.717) is 23.8 Å². The number of sulfonamides is 1. The normalized spacial score (nSPS) is 19.4. The molecule has 1 aromatic rings. The maximum Gasteiger partial charge on any atom is 0.240 e. The van der Waals surface area contributed by atoms with E-state index in [1.165, 1.54) is 12.8 Å². The highest BCUT2D eigenvalue weighted by Gasteiger charge is 2.22. The summed E-state index contributed by atoms with van der Waals surface area (Å²) < 4.78 is 27.6.